The Bertz CT molecular complexity index is 1130. The predicted octanol–water partition coefficient (Wildman–Crippen LogP) is 5.43. The fourth-order valence-corrected chi connectivity index (χ4v) is 4.81. The lowest BCUT2D eigenvalue weighted by molar-refractivity contribution is -0.138. The number of hydrogen-bond acceptors (Lipinski definition) is 5. The van der Waals surface area contributed by atoms with Crippen LogP contribution in [0.25, 0.3) is 0 Å². The van der Waals surface area contributed by atoms with Crippen LogP contribution in [0.4, 0.5) is 0 Å². The van der Waals surface area contributed by atoms with Gasteiger partial charge in [0.05, 0.1) is 18.1 Å². The van der Waals surface area contributed by atoms with Crippen molar-refractivity contribution in [2.24, 2.45) is 5.41 Å². The molecule has 2 aromatic rings. The first-order chi connectivity index (χ1) is 15.8. The van der Waals surface area contributed by atoms with Crippen LogP contribution >= 0.6 is 0 Å². The Balaban J connectivity index is 1.81. The average molecular weight is 446 g/mol. The number of nitrogens with one attached hydrogen (secondary N) is 1. The van der Waals surface area contributed by atoms with Crippen molar-refractivity contribution in [3.63, 3.8) is 0 Å². The molecule has 1 atom stereocenters. The number of carbonyl (C=O) groups excluding carboxylic acids is 2. The molecule has 0 aromatic heterocycles. The van der Waals surface area contributed by atoms with Crippen molar-refractivity contribution in [1.82, 2.24) is 5.32 Å². The van der Waals surface area contributed by atoms with E-state index in [1.165, 1.54) is 0 Å². The Labute approximate surface area is 195 Å². The van der Waals surface area contributed by atoms with Crippen LogP contribution in [0.3, 0.4) is 0 Å². The van der Waals surface area contributed by atoms with Gasteiger partial charge >= 0.3 is 5.97 Å². The molecule has 172 valence electrons. The van der Waals surface area contributed by atoms with E-state index < -0.39 is 11.9 Å². The number of Topliss-reactive ketones (excluding diaryl/α,β-unsaturated/α-hetero) is 1. The molecule has 2 aliphatic rings. The van der Waals surface area contributed by atoms with Gasteiger partial charge in [0.1, 0.15) is 12.4 Å². The van der Waals surface area contributed by atoms with Crippen LogP contribution < -0.4 is 10.1 Å². The lowest BCUT2D eigenvalue weighted by Gasteiger charge is -2.39. The molecule has 4 rings (SSSR count). The minimum absolute atomic E-state index is 0.0610. The second kappa shape index (κ2) is 9.26. The minimum atomic E-state index is -0.532. The number of allylic oxidation sites excluding steroid dienone is 3. The van der Waals surface area contributed by atoms with Gasteiger partial charge in [-0.25, -0.2) is 4.79 Å². The van der Waals surface area contributed by atoms with Crippen LogP contribution in [0, 0.1) is 5.41 Å². The summed E-state index contributed by atoms with van der Waals surface area (Å²) in [7, 11) is 0. The van der Waals surface area contributed by atoms with Gasteiger partial charge in [-0.3, -0.25) is 4.79 Å². The summed E-state index contributed by atoms with van der Waals surface area (Å²) < 4.78 is 11.6. The molecule has 5 heteroatoms. The van der Waals surface area contributed by atoms with E-state index in [2.05, 4.69) is 19.2 Å². The van der Waals surface area contributed by atoms with Gasteiger partial charge in [0.25, 0.3) is 0 Å². The molecular formula is C28H31NO4. The number of esters is 1. The highest BCUT2D eigenvalue weighted by molar-refractivity contribution is 6.04. The summed E-state index contributed by atoms with van der Waals surface area (Å²) in [4.78, 5) is 26.5. The Morgan fingerprint density at radius 3 is 2.48 bits per heavy atom. The van der Waals surface area contributed by atoms with Crippen LogP contribution in [-0.2, 0) is 20.9 Å². The topological polar surface area (TPSA) is 64.6 Å². The number of carbonyl (C=O) groups is 2. The molecule has 2 aromatic carbocycles. The summed E-state index contributed by atoms with van der Waals surface area (Å²) in [6, 6.07) is 17.6. The number of ketones is 1. The van der Waals surface area contributed by atoms with Crippen molar-refractivity contribution in [3.05, 3.63) is 88.3 Å². The van der Waals surface area contributed by atoms with Gasteiger partial charge in [0.15, 0.2) is 5.78 Å². The third-order valence-corrected chi connectivity index (χ3v) is 6.20. The van der Waals surface area contributed by atoms with Crippen LogP contribution in [-0.4, -0.2) is 18.4 Å². The molecule has 1 heterocycles. The Morgan fingerprint density at radius 2 is 1.76 bits per heavy atom. The Kier molecular flexibility index (Phi) is 6.41. The van der Waals surface area contributed by atoms with Crippen LogP contribution in [0.15, 0.2) is 77.1 Å². The number of benzene rings is 2. The minimum Gasteiger partial charge on any atom is -0.489 e. The molecule has 1 aliphatic heterocycles. The molecule has 33 heavy (non-hydrogen) atoms. The van der Waals surface area contributed by atoms with Crippen molar-refractivity contribution in [1.29, 1.82) is 0 Å². The SMILES string of the molecule is CCOC(=O)C1=C(C)NC2=C(C(=O)CC(C)(C)C2)C1c1ccccc1OCc1ccccc1. The highest BCUT2D eigenvalue weighted by Crippen LogP contribution is 2.48. The van der Waals surface area contributed by atoms with Gasteiger partial charge in [-0.15, -0.1) is 0 Å². The van der Waals surface area contributed by atoms with E-state index in [1.807, 2.05) is 61.5 Å². The van der Waals surface area contributed by atoms with E-state index >= 15 is 0 Å². The predicted molar refractivity (Wildman–Crippen MR) is 127 cm³/mol. The van der Waals surface area contributed by atoms with Gasteiger partial charge in [-0.2, -0.15) is 0 Å². The largest absolute Gasteiger partial charge is 0.489 e. The maximum Gasteiger partial charge on any atom is 0.336 e. The third-order valence-electron chi connectivity index (χ3n) is 6.20. The smallest absolute Gasteiger partial charge is 0.336 e. The number of ether oxygens (including phenoxy) is 2. The fourth-order valence-electron chi connectivity index (χ4n) is 4.81. The Hall–Kier alpha value is -3.34. The van der Waals surface area contributed by atoms with Crippen LogP contribution in [0.2, 0.25) is 0 Å². The van der Waals surface area contributed by atoms with E-state index in [-0.39, 0.29) is 17.8 Å². The molecule has 1 N–H and O–H groups in total. The molecule has 5 nitrogen and oxygen atoms in total. The van der Waals surface area contributed by atoms with Gasteiger partial charge in [0, 0.05) is 29.0 Å². The quantitative estimate of drug-likeness (QED) is 0.601. The molecule has 1 aliphatic carbocycles. The van der Waals surface area contributed by atoms with Gasteiger partial charge in [0.2, 0.25) is 0 Å². The monoisotopic (exact) mass is 445 g/mol. The lowest BCUT2D eigenvalue weighted by atomic mass is 9.68. The molecule has 0 radical (unpaired) electrons. The highest BCUT2D eigenvalue weighted by atomic mass is 16.5. The maximum absolute atomic E-state index is 13.4. The number of para-hydroxylation sites is 1. The second-order valence-corrected chi connectivity index (χ2v) is 9.46. The average Bonchev–Trinajstić information content (AvgIpc) is 2.77. The standard InChI is InChI=1S/C28H31NO4/c1-5-32-27(31)24-18(2)29-21-15-28(3,4)16-22(30)26(21)25(24)20-13-9-10-14-23(20)33-17-19-11-7-6-8-12-19/h6-14,25,29H,5,15-17H2,1-4H3. The van der Waals surface area contributed by atoms with Crippen LogP contribution in [0.5, 0.6) is 5.75 Å². The van der Waals surface area contributed by atoms with Crippen molar-refractivity contribution >= 4 is 11.8 Å². The third kappa shape index (κ3) is 4.72. The van der Waals surface area contributed by atoms with Gasteiger partial charge in [-0.05, 0) is 37.3 Å². The van der Waals surface area contributed by atoms with E-state index in [4.69, 9.17) is 9.47 Å². The molecule has 1 unspecified atom stereocenters. The van der Waals surface area contributed by atoms with Crippen molar-refractivity contribution in [2.45, 2.75) is 53.1 Å². The molecule has 0 spiro atoms. The van der Waals surface area contributed by atoms with E-state index in [0.29, 0.717) is 29.9 Å². The molecule has 0 amide bonds. The number of dihydropyridines is 1. The molecule has 0 bridgehead atoms. The first kappa shape index (κ1) is 22.8. The zero-order chi connectivity index (χ0) is 23.6. The number of hydrogen-bond donors (Lipinski definition) is 1. The van der Waals surface area contributed by atoms with E-state index in [1.54, 1.807) is 6.92 Å². The highest BCUT2D eigenvalue weighted by Gasteiger charge is 2.43. The summed E-state index contributed by atoms with van der Waals surface area (Å²) >= 11 is 0. The summed E-state index contributed by atoms with van der Waals surface area (Å²) in [5.74, 6) is -0.219. The van der Waals surface area contributed by atoms with Crippen molar-refractivity contribution < 1.29 is 19.1 Å². The van der Waals surface area contributed by atoms with Crippen LogP contribution in [0.1, 0.15) is 57.6 Å². The first-order valence-electron chi connectivity index (χ1n) is 11.5. The van der Waals surface area contributed by atoms with Gasteiger partial charge in [-0.1, -0.05) is 62.4 Å². The van der Waals surface area contributed by atoms with Crippen molar-refractivity contribution in [2.75, 3.05) is 6.61 Å². The van der Waals surface area contributed by atoms with Crippen molar-refractivity contribution in [3.8, 4) is 5.75 Å². The molecule has 0 saturated heterocycles. The summed E-state index contributed by atoms with van der Waals surface area (Å²) in [5.41, 5.74) is 4.45. The summed E-state index contributed by atoms with van der Waals surface area (Å²) in [5, 5.41) is 3.37. The molecular weight excluding hydrogens is 414 g/mol. The van der Waals surface area contributed by atoms with E-state index in [9.17, 15) is 9.59 Å². The van der Waals surface area contributed by atoms with E-state index in [0.717, 1.165) is 28.9 Å². The summed E-state index contributed by atoms with van der Waals surface area (Å²) in [6.07, 6.45) is 1.18. The number of rotatable bonds is 6. The zero-order valence-electron chi connectivity index (χ0n) is 19.7. The van der Waals surface area contributed by atoms with Gasteiger partial charge < -0.3 is 14.8 Å². The first-order valence-corrected chi connectivity index (χ1v) is 11.5. The Morgan fingerprint density at radius 1 is 1.06 bits per heavy atom. The zero-order valence-corrected chi connectivity index (χ0v) is 19.7. The normalized spacial score (nSPS) is 19.6. The molecule has 0 saturated carbocycles. The maximum atomic E-state index is 13.4. The fraction of sp³-hybridized carbons (Fsp3) is 0.357. The molecule has 0 fully saturated rings. The summed E-state index contributed by atoms with van der Waals surface area (Å²) in [6.45, 7) is 8.52. The lowest BCUT2D eigenvalue weighted by Crippen LogP contribution is -2.38. The second-order valence-electron chi connectivity index (χ2n) is 9.46.